The molecule has 270 valence electrons. The first-order valence-electron chi connectivity index (χ1n) is 18.1. The van der Waals surface area contributed by atoms with Gasteiger partial charge in [-0.05, 0) is 70.6 Å². The van der Waals surface area contributed by atoms with Gasteiger partial charge < -0.3 is 19.3 Å². The fourth-order valence-corrected chi connectivity index (χ4v) is 4.94. The van der Waals surface area contributed by atoms with E-state index in [0.717, 1.165) is 96.3 Å². The van der Waals surface area contributed by atoms with Gasteiger partial charge >= 0.3 is 19.8 Å². The molecule has 0 rings (SSSR count). The molecular formula is C38H65O8P. The van der Waals surface area contributed by atoms with E-state index < -0.39 is 32.5 Å². The molecule has 0 aliphatic rings. The van der Waals surface area contributed by atoms with Gasteiger partial charge in [-0.2, -0.15) is 0 Å². The maximum Gasteiger partial charge on any atom is 0.469 e. The minimum absolute atomic E-state index is 0.186. The van der Waals surface area contributed by atoms with Crippen LogP contribution >= 0.6 is 7.82 Å². The molecule has 0 saturated carbocycles. The first kappa shape index (κ1) is 44.8. The number of unbranched alkanes of at least 4 members (excludes halogenated alkanes) is 12. The molecule has 0 unspecified atom stereocenters. The molecule has 0 radical (unpaired) electrons. The SMILES string of the molecule is CC/C=C\C/C=C\C/C=C\CCCCCCCC(=O)O[C@H](COC(=O)CCCCCCC/C=C\C/C=C\CCCC)COP(=O)(O)O. The average Bonchev–Trinajstić information content (AvgIpc) is 3.03. The van der Waals surface area contributed by atoms with Crippen molar-refractivity contribution in [3.63, 3.8) is 0 Å². The highest BCUT2D eigenvalue weighted by Gasteiger charge is 2.22. The van der Waals surface area contributed by atoms with E-state index in [1.807, 2.05) is 0 Å². The third-order valence-corrected chi connectivity index (χ3v) is 7.76. The zero-order chi connectivity index (χ0) is 34.7. The van der Waals surface area contributed by atoms with Crippen molar-refractivity contribution in [1.82, 2.24) is 0 Å². The summed E-state index contributed by atoms with van der Waals surface area (Å²) in [4.78, 5) is 42.6. The molecule has 0 heterocycles. The van der Waals surface area contributed by atoms with Crippen LogP contribution in [-0.4, -0.2) is 41.0 Å². The van der Waals surface area contributed by atoms with Crippen LogP contribution in [0.1, 0.15) is 149 Å². The number of hydrogen-bond acceptors (Lipinski definition) is 6. The maximum atomic E-state index is 12.3. The second-order valence-corrected chi connectivity index (χ2v) is 13.0. The van der Waals surface area contributed by atoms with Crippen LogP contribution in [0.3, 0.4) is 0 Å². The molecule has 47 heavy (non-hydrogen) atoms. The summed E-state index contributed by atoms with van der Waals surface area (Å²) >= 11 is 0. The molecule has 1 atom stereocenters. The van der Waals surface area contributed by atoms with Crippen LogP contribution in [0.4, 0.5) is 0 Å². The number of esters is 2. The Kier molecular flexibility index (Phi) is 32.0. The smallest absolute Gasteiger partial charge is 0.462 e. The van der Waals surface area contributed by atoms with Gasteiger partial charge in [-0.15, -0.1) is 0 Å². The van der Waals surface area contributed by atoms with E-state index >= 15 is 0 Å². The van der Waals surface area contributed by atoms with Crippen LogP contribution in [0, 0.1) is 0 Å². The van der Waals surface area contributed by atoms with E-state index in [1.54, 1.807) is 0 Å². The molecule has 0 aromatic heterocycles. The van der Waals surface area contributed by atoms with Gasteiger partial charge in [0.15, 0.2) is 6.10 Å². The van der Waals surface area contributed by atoms with E-state index in [9.17, 15) is 14.2 Å². The first-order valence-corrected chi connectivity index (χ1v) is 19.6. The second-order valence-electron chi connectivity index (χ2n) is 11.8. The van der Waals surface area contributed by atoms with Crippen LogP contribution < -0.4 is 0 Å². The summed E-state index contributed by atoms with van der Waals surface area (Å²) in [6.07, 6.45) is 40.8. The zero-order valence-electron chi connectivity index (χ0n) is 29.4. The molecule has 0 saturated heterocycles. The number of hydrogen-bond donors (Lipinski definition) is 2. The Balaban J connectivity index is 4.05. The molecule has 0 fully saturated rings. The van der Waals surface area contributed by atoms with Crippen molar-refractivity contribution in [2.45, 2.75) is 155 Å². The fraction of sp³-hybridized carbons (Fsp3) is 0.684. The van der Waals surface area contributed by atoms with Crippen LogP contribution in [0.2, 0.25) is 0 Å². The van der Waals surface area contributed by atoms with Gasteiger partial charge in [0.2, 0.25) is 0 Å². The Morgan fingerprint density at radius 2 is 1.02 bits per heavy atom. The molecule has 0 spiro atoms. The van der Waals surface area contributed by atoms with Crippen LogP contribution in [0.25, 0.3) is 0 Å². The predicted molar refractivity (Wildman–Crippen MR) is 193 cm³/mol. The Morgan fingerprint density at radius 3 is 1.53 bits per heavy atom. The summed E-state index contributed by atoms with van der Waals surface area (Å²) in [6.45, 7) is 3.48. The molecule has 9 heteroatoms. The van der Waals surface area contributed by atoms with Gasteiger partial charge in [0.05, 0.1) is 6.61 Å². The van der Waals surface area contributed by atoms with Crippen molar-refractivity contribution >= 4 is 19.8 Å². The summed E-state index contributed by atoms with van der Waals surface area (Å²) in [5.74, 6) is -0.928. The minimum Gasteiger partial charge on any atom is -0.462 e. The van der Waals surface area contributed by atoms with Crippen molar-refractivity contribution in [1.29, 1.82) is 0 Å². The van der Waals surface area contributed by atoms with Gasteiger partial charge in [0.1, 0.15) is 6.61 Å². The molecule has 0 aromatic carbocycles. The van der Waals surface area contributed by atoms with E-state index in [0.29, 0.717) is 12.8 Å². The van der Waals surface area contributed by atoms with Gasteiger partial charge in [-0.25, -0.2) is 4.57 Å². The summed E-state index contributed by atoms with van der Waals surface area (Å²) < 4.78 is 26.2. The van der Waals surface area contributed by atoms with E-state index in [1.165, 1.54) is 12.8 Å². The van der Waals surface area contributed by atoms with Crippen LogP contribution in [0.15, 0.2) is 60.8 Å². The number of rotatable bonds is 32. The summed E-state index contributed by atoms with van der Waals surface area (Å²) in [5.41, 5.74) is 0. The normalized spacial score (nSPS) is 13.2. The Bertz CT molecular complexity index is 947. The number of ether oxygens (including phenoxy) is 2. The molecule has 0 aliphatic heterocycles. The monoisotopic (exact) mass is 680 g/mol. The first-order chi connectivity index (χ1) is 22.8. The van der Waals surface area contributed by atoms with Crippen molar-refractivity contribution < 1.29 is 37.9 Å². The molecule has 8 nitrogen and oxygen atoms in total. The van der Waals surface area contributed by atoms with Crippen molar-refractivity contribution in [2.75, 3.05) is 13.2 Å². The maximum absolute atomic E-state index is 12.3. The van der Waals surface area contributed by atoms with Crippen molar-refractivity contribution in [3.8, 4) is 0 Å². The lowest BCUT2D eigenvalue weighted by Crippen LogP contribution is -2.29. The number of phosphoric acid groups is 1. The van der Waals surface area contributed by atoms with Gasteiger partial charge in [0, 0.05) is 12.8 Å². The number of carbonyl (C=O) groups is 2. The summed E-state index contributed by atoms with van der Waals surface area (Å²) in [6, 6.07) is 0. The third kappa shape index (κ3) is 36.4. The van der Waals surface area contributed by atoms with E-state index in [4.69, 9.17) is 19.3 Å². The largest absolute Gasteiger partial charge is 0.469 e. The number of carbonyl (C=O) groups excluding carboxylic acids is 2. The molecule has 0 aromatic rings. The summed E-state index contributed by atoms with van der Waals surface area (Å²) in [7, 11) is -4.76. The lowest BCUT2D eigenvalue weighted by molar-refractivity contribution is -0.161. The van der Waals surface area contributed by atoms with Crippen LogP contribution in [-0.2, 0) is 28.2 Å². The standard InChI is InChI=1S/C38H65O8P/c1-3-5-7-9-11-13-15-17-19-21-23-25-27-29-31-33-38(40)46-36(35-45-47(41,42)43)34-44-37(39)32-30-28-26-24-22-20-18-16-14-12-10-8-6-4-2/h5,7,10-13,16-19,36H,3-4,6,8-9,14-15,20-35H2,1-2H3,(H2,41,42,43)/b7-5-,12-10-,13-11-,18-16-,19-17-/t36-/m1/s1. The lowest BCUT2D eigenvalue weighted by Gasteiger charge is -2.18. The van der Waals surface area contributed by atoms with E-state index in [2.05, 4.69) is 79.1 Å². The highest BCUT2D eigenvalue weighted by molar-refractivity contribution is 7.46. The molecule has 0 bridgehead atoms. The quantitative estimate of drug-likeness (QED) is 0.0312. The molecule has 0 amide bonds. The minimum atomic E-state index is -4.76. The highest BCUT2D eigenvalue weighted by atomic mass is 31.2. The van der Waals surface area contributed by atoms with Gasteiger partial charge in [-0.1, -0.05) is 126 Å². The van der Waals surface area contributed by atoms with Crippen molar-refractivity contribution in [3.05, 3.63) is 60.8 Å². The van der Waals surface area contributed by atoms with Gasteiger partial charge in [0.25, 0.3) is 0 Å². The third-order valence-electron chi connectivity index (χ3n) is 7.27. The van der Waals surface area contributed by atoms with Gasteiger partial charge in [-0.3, -0.25) is 14.1 Å². The molecular weight excluding hydrogens is 615 g/mol. The Labute approximate surface area is 286 Å². The molecule has 2 N–H and O–H groups in total. The predicted octanol–water partition coefficient (Wildman–Crippen LogP) is 10.6. The Hall–Kier alpha value is -2.25. The average molecular weight is 681 g/mol. The Morgan fingerprint density at radius 1 is 0.574 bits per heavy atom. The number of phosphoric ester groups is 1. The van der Waals surface area contributed by atoms with Crippen LogP contribution in [0.5, 0.6) is 0 Å². The number of allylic oxidation sites excluding steroid dienone is 10. The highest BCUT2D eigenvalue weighted by Crippen LogP contribution is 2.35. The lowest BCUT2D eigenvalue weighted by atomic mass is 10.1. The topological polar surface area (TPSA) is 119 Å². The van der Waals surface area contributed by atoms with Crippen molar-refractivity contribution in [2.24, 2.45) is 0 Å². The molecule has 0 aliphatic carbocycles. The fourth-order valence-electron chi connectivity index (χ4n) is 4.58. The summed E-state index contributed by atoms with van der Waals surface area (Å²) in [5, 5.41) is 0. The van der Waals surface area contributed by atoms with E-state index in [-0.39, 0.29) is 19.4 Å². The zero-order valence-corrected chi connectivity index (χ0v) is 30.3. The second kappa shape index (κ2) is 33.6.